The van der Waals surface area contributed by atoms with Crippen LogP contribution in [0, 0.1) is 5.21 Å². The van der Waals surface area contributed by atoms with Crippen LogP contribution >= 0.6 is 0 Å². The quantitative estimate of drug-likeness (QED) is 0.286. The van der Waals surface area contributed by atoms with Crippen LogP contribution in [-0.4, -0.2) is 37.0 Å². The largest absolute Gasteiger partial charge is 0.633 e. The average molecular weight is 304 g/mol. The van der Waals surface area contributed by atoms with Crippen LogP contribution in [0.3, 0.4) is 0 Å². The first kappa shape index (κ1) is 23.2. The van der Waals surface area contributed by atoms with E-state index >= 15 is 0 Å². The Morgan fingerprint density at radius 2 is 0.952 bits per heavy atom. The number of quaternary nitrogens is 1. The monoisotopic (exact) mass is 303 g/mol. The van der Waals surface area contributed by atoms with Crippen LogP contribution in [0.5, 0.6) is 0 Å². The van der Waals surface area contributed by atoms with E-state index in [4.69, 9.17) is 5.11 Å². The van der Waals surface area contributed by atoms with Gasteiger partial charge in [0.05, 0.1) is 20.6 Å². The van der Waals surface area contributed by atoms with Crippen LogP contribution in [0.1, 0.15) is 90.9 Å². The van der Waals surface area contributed by atoms with Crippen LogP contribution in [-0.2, 0) is 0 Å². The number of aliphatic hydroxyl groups excluding tert-OH is 1. The maximum Gasteiger partial charge on any atom is 0.0779 e. The SMILES string of the molecule is CCCCCCCCCCCCCC[N+](C)(C)[O-].CCO. The van der Waals surface area contributed by atoms with E-state index < -0.39 is 0 Å². The molecule has 0 aromatic rings. The Labute approximate surface area is 133 Å². The van der Waals surface area contributed by atoms with E-state index in [1.807, 2.05) is 0 Å². The van der Waals surface area contributed by atoms with Gasteiger partial charge in [-0.3, -0.25) is 0 Å². The van der Waals surface area contributed by atoms with E-state index in [-0.39, 0.29) is 11.3 Å². The van der Waals surface area contributed by atoms with Crippen molar-refractivity contribution in [3.05, 3.63) is 5.21 Å². The molecule has 0 aliphatic heterocycles. The van der Waals surface area contributed by atoms with Gasteiger partial charge in [0.15, 0.2) is 0 Å². The molecule has 0 amide bonds. The molecule has 0 heterocycles. The molecule has 0 saturated carbocycles. The molecule has 0 aliphatic rings. The van der Waals surface area contributed by atoms with Gasteiger partial charge in [0.2, 0.25) is 0 Å². The molecule has 1 N–H and O–H groups in total. The predicted octanol–water partition coefficient (Wildman–Crippen LogP) is 5.26. The number of hydrogen-bond donors (Lipinski definition) is 1. The van der Waals surface area contributed by atoms with Crippen molar-refractivity contribution in [3.63, 3.8) is 0 Å². The number of rotatable bonds is 13. The summed E-state index contributed by atoms with van der Waals surface area (Å²) >= 11 is 0. The molecule has 0 radical (unpaired) electrons. The molecule has 0 fully saturated rings. The van der Waals surface area contributed by atoms with Gasteiger partial charge in [-0.25, -0.2) is 0 Å². The van der Waals surface area contributed by atoms with Crippen molar-refractivity contribution >= 4 is 0 Å². The minimum absolute atomic E-state index is 0.127. The van der Waals surface area contributed by atoms with Crippen LogP contribution < -0.4 is 0 Å². The van der Waals surface area contributed by atoms with E-state index in [0.29, 0.717) is 0 Å². The second-order valence-corrected chi connectivity index (χ2v) is 6.50. The first-order valence-electron chi connectivity index (χ1n) is 9.12. The Hall–Kier alpha value is -0.120. The molecule has 0 aromatic carbocycles. The van der Waals surface area contributed by atoms with Crippen LogP contribution in [0.4, 0.5) is 0 Å². The fourth-order valence-corrected chi connectivity index (χ4v) is 2.33. The molecule has 0 atom stereocenters. The zero-order valence-corrected chi connectivity index (χ0v) is 15.2. The highest BCUT2D eigenvalue weighted by Crippen LogP contribution is 2.12. The Bertz CT molecular complexity index is 179. The summed E-state index contributed by atoms with van der Waals surface area (Å²) in [5.41, 5.74) is 0. The molecule has 0 saturated heterocycles. The van der Waals surface area contributed by atoms with Crippen LogP contribution in [0.15, 0.2) is 0 Å². The van der Waals surface area contributed by atoms with Gasteiger partial charge < -0.3 is 15.0 Å². The molecular weight excluding hydrogens is 262 g/mol. The van der Waals surface area contributed by atoms with Crippen molar-refractivity contribution in [3.8, 4) is 0 Å². The van der Waals surface area contributed by atoms with E-state index in [0.717, 1.165) is 13.0 Å². The highest BCUT2D eigenvalue weighted by molar-refractivity contribution is 4.48. The Morgan fingerprint density at radius 1 is 0.667 bits per heavy atom. The van der Waals surface area contributed by atoms with Gasteiger partial charge in [-0.1, -0.05) is 71.1 Å². The van der Waals surface area contributed by atoms with Gasteiger partial charge in [0, 0.05) is 6.61 Å². The lowest BCUT2D eigenvalue weighted by Crippen LogP contribution is -2.32. The normalized spacial score (nSPS) is 11.1. The summed E-state index contributed by atoms with van der Waals surface area (Å²) in [6.45, 7) is 4.98. The van der Waals surface area contributed by atoms with Gasteiger partial charge in [0.1, 0.15) is 0 Å². The summed E-state index contributed by atoms with van der Waals surface area (Å²) in [6, 6.07) is 0. The third kappa shape index (κ3) is 28.7. The third-order valence-electron chi connectivity index (χ3n) is 3.55. The second-order valence-electron chi connectivity index (χ2n) is 6.50. The van der Waals surface area contributed by atoms with E-state index in [9.17, 15) is 5.21 Å². The Kier molecular flexibility index (Phi) is 19.8. The maximum atomic E-state index is 11.3. The number of hydroxylamine groups is 3. The van der Waals surface area contributed by atoms with Gasteiger partial charge in [-0.05, 0) is 19.8 Å². The van der Waals surface area contributed by atoms with E-state index in [1.165, 1.54) is 70.6 Å². The first-order chi connectivity index (χ1) is 9.97. The first-order valence-corrected chi connectivity index (χ1v) is 9.12. The van der Waals surface area contributed by atoms with Crippen LogP contribution in [0.25, 0.3) is 0 Å². The molecule has 0 unspecified atom stereocenters. The van der Waals surface area contributed by atoms with Gasteiger partial charge >= 0.3 is 0 Å². The van der Waals surface area contributed by atoms with Crippen molar-refractivity contribution in [2.24, 2.45) is 0 Å². The lowest BCUT2D eigenvalue weighted by atomic mass is 10.1. The standard InChI is InChI=1S/C16H35NO.C2H6O/c1-4-5-6-7-8-9-10-11-12-13-14-15-16-17(2,3)18;1-2-3/h4-16H2,1-3H3;3H,2H2,1H3. The average Bonchev–Trinajstić information content (AvgIpc) is 2.40. The molecule has 3 heteroatoms. The van der Waals surface area contributed by atoms with Gasteiger partial charge in [-0.2, -0.15) is 0 Å². The van der Waals surface area contributed by atoms with Crippen LogP contribution in [0.2, 0.25) is 0 Å². The molecule has 0 aromatic heterocycles. The molecule has 21 heavy (non-hydrogen) atoms. The number of aliphatic hydroxyl groups is 1. The molecule has 3 nitrogen and oxygen atoms in total. The molecule has 0 bridgehead atoms. The molecule has 0 aliphatic carbocycles. The van der Waals surface area contributed by atoms with Crippen molar-refractivity contribution in [1.82, 2.24) is 0 Å². The number of unbranched alkanes of at least 4 members (excludes halogenated alkanes) is 11. The molecular formula is C18H41NO2. The summed E-state index contributed by atoms with van der Waals surface area (Å²) in [5.74, 6) is 0. The summed E-state index contributed by atoms with van der Waals surface area (Å²) in [6.07, 6.45) is 16.3. The number of hydrogen-bond acceptors (Lipinski definition) is 2. The Morgan fingerprint density at radius 3 is 1.24 bits per heavy atom. The lowest BCUT2D eigenvalue weighted by Gasteiger charge is -2.33. The number of nitrogens with zero attached hydrogens (tertiary/aromatic N) is 1. The highest BCUT2D eigenvalue weighted by Gasteiger charge is 2.00. The topological polar surface area (TPSA) is 43.3 Å². The zero-order chi connectivity index (χ0) is 16.4. The van der Waals surface area contributed by atoms with Gasteiger partial charge in [0.25, 0.3) is 0 Å². The molecule has 0 rings (SSSR count). The van der Waals surface area contributed by atoms with Crippen molar-refractivity contribution in [1.29, 1.82) is 0 Å². The Balaban J connectivity index is 0. The minimum Gasteiger partial charge on any atom is -0.633 e. The van der Waals surface area contributed by atoms with E-state index in [2.05, 4.69) is 6.92 Å². The van der Waals surface area contributed by atoms with Crippen molar-refractivity contribution in [2.75, 3.05) is 27.2 Å². The van der Waals surface area contributed by atoms with E-state index in [1.54, 1.807) is 21.0 Å². The summed E-state index contributed by atoms with van der Waals surface area (Å²) < 4.78 is -0.127. The summed E-state index contributed by atoms with van der Waals surface area (Å²) in [5, 5.41) is 18.9. The predicted molar refractivity (Wildman–Crippen MR) is 94.2 cm³/mol. The fraction of sp³-hybridized carbons (Fsp3) is 1.00. The fourth-order valence-electron chi connectivity index (χ4n) is 2.33. The van der Waals surface area contributed by atoms with Gasteiger partial charge in [-0.15, -0.1) is 0 Å². The lowest BCUT2D eigenvalue weighted by molar-refractivity contribution is -0.840. The maximum absolute atomic E-state index is 11.3. The second kappa shape index (κ2) is 17.9. The zero-order valence-electron chi connectivity index (χ0n) is 15.2. The summed E-state index contributed by atoms with van der Waals surface area (Å²) in [7, 11) is 3.47. The van der Waals surface area contributed by atoms with Crippen molar-refractivity contribution < 1.29 is 9.75 Å². The highest BCUT2D eigenvalue weighted by atomic mass is 16.5. The smallest absolute Gasteiger partial charge is 0.0779 e. The third-order valence-corrected chi connectivity index (χ3v) is 3.55. The molecule has 0 spiro atoms. The minimum atomic E-state index is -0.127. The van der Waals surface area contributed by atoms with Crippen molar-refractivity contribution in [2.45, 2.75) is 90.9 Å². The molecule has 130 valence electrons. The summed E-state index contributed by atoms with van der Waals surface area (Å²) in [4.78, 5) is 0.